The van der Waals surface area contributed by atoms with E-state index in [0.29, 0.717) is 10.6 Å². The van der Waals surface area contributed by atoms with Gasteiger partial charge in [0.05, 0.1) is 4.92 Å². The quantitative estimate of drug-likeness (QED) is 0.473. The minimum absolute atomic E-state index is 0.194. The predicted octanol–water partition coefficient (Wildman–Crippen LogP) is 3.82. The molecule has 1 aliphatic rings. The van der Waals surface area contributed by atoms with Crippen LogP contribution in [0.25, 0.3) is 0 Å². The second-order valence-corrected chi connectivity index (χ2v) is 6.52. The van der Waals surface area contributed by atoms with E-state index in [1.54, 1.807) is 6.07 Å². The number of alkyl halides is 1. The maximum atomic E-state index is 10.9. The molecule has 0 amide bonds. The smallest absolute Gasteiger partial charge is 0.273 e. The Balaban J connectivity index is 2.23. The van der Waals surface area contributed by atoms with E-state index in [9.17, 15) is 10.1 Å². The normalized spacial score (nSPS) is 19.5. The predicted molar refractivity (Wildman–Crippen MR) is 84.5 cm³/mol. The summed E-state index contributed by atoms with van der Waals surface area (Å²) in [6.07, 6.45) is 1.17. The van der Waals surface area contributed by atoms with Crippen molar-refractivity contribution < 1.29 is 4.92 Å². The Morgan fingerprint density at radius 2 is 2.37 bits per heavy atom. The van der Waals surface area contributed by atoms with Gasteiger partial charge in [-0.15, -0.1) is 0 Å². The van der Waals surface area contributed by atoms with Gasteiger partial charge in [-0.05, 0) is 18.6 Å². The summed E-state index contributed by atoms with van der Waals surface area (Å²) in [7, 11) is 0. The molecule has 0 N–H and O–H groups in total. The highest BCUT2D eigenvalue weighted by molar-refractivity contribution is 9.08. The lowest BCUT2D eigenvalue weighted by Gasteiger charge is -2.33. The van der Waals surface area contributed by atoms with Gasteiger partial charge in [-0.1, -0.05) is 22.9 Å². The number of halogens is 1. The zero-order valence-electron chi connectivity index (χ0n) is 10.8. The third-order valence-corrected chi connectivity index (χ3v) is 5.34. The molecule has 19 heavy (non-hydrogen) atoms. The average Bonchev–Trinajstić information content (AvgIpc) is 2.46. The number of benzene rings is 1. The molecule has 104 valence electrons. The van der Waals surface area contributed by atoms with Crippen LogP contribution in [0.5, 0.6) is 0 Å². The number of hydrogen-bond donors (Lipinski definition) is 0. The average molecular weight is 345 g/mol. The van der Waals surface area contributed by atoms with Crippen LogP contribution in [0.1, 0.15) is 18.9 Å². The lowest BCUT2D eigenvalue weighted by Crippen LogP contribution is -2.37. The molecule has 1 unspecified atom stereocenters. The Bertz CT molecular complexity index is 470. The van der Waals surface area contributed by atoms with Crippen molar-refractivity contribution in [2.24, 2.45) is 0 Å². The van der Waals surface area contributed by atoms with Crippen molar-refractivity contribution in [3.63, 3.8) is 0 Å². The first kappa shape index (κ1) is 14.7. The fraction of sp³-hybridized carbons (Fsp3) is 0.538. The van der Waals surface area contributed by atoms with E-state index in [0.717, 1.165) is 30.1 Å². The van der Waals surface area contributed by atoms with E-state index >= 15 is 0 Å². The van der Waals surface area contributed by atoms with E-state index in [-0.39, 0.29) is 10.6 Å². The largest absolute Gasteiger partial charge is 0.370 e. The van der Waals surface area contributed by atoms with Gasteiger partial charge in [-0.3, -0.25) is 10.1 Å². The topological polar surface area (TPSA) is 46.4 Å². The van der Waals surface area contributed by atoms with Crippen LogP contribution in [-0.4, -0.2) is 29.0 Å². The summed E-state index contributed by atoms with van der Waals surface area (Å²) in [6, 6.07) is 5.43. The Hall–Kier alpha value is -0.750. The van der Waals surface area contributed by atoms with Crippen LogP contribution in [0.2, 0.25) is 0 Å². The van der Waals surface area contributed by atoms with E-state index in [2.05, 4.69) is 27.8 Å². The molecule has 0 radical (unpaired) electrons. The van der Waals surface area contributed by atoms with Crippen LogP contribution in [0.3, 0.4) is 0 Å². The number of thioether (sulfide) groups is 1. The van der Waals surface area contributed by atoms with E-state index in [4.69, 9.17) is 0 Å². The maximum Gasteiger partial charge on any atom is 0.273 e. The van der Waals surface area contributed by atoms with Crippen molar-refractivity contribution >= 4 is 39.1 Å². The molecule has 0 spiro atoms. The fourth-order valence-corrected chi connectivity index (χ4v) is 3.88. The van der Waals surface area contributed by atoms with Crippen LogP contribution >= 0.6 is 27.7 Å². The van der Waals surface area contributed by atoms with Gasteiger partial charge in [0.25, 0.3) is 5.69 Å². The summed E-state index contributed by atoms with van der Waals surface area (Å²) in [5, 5.41) is 12.1. The number of nitro benzene ring substituents is 1. The Morgan fingerprint density at radius 1 is 1.58 bits per heavy atom. The van der Waals surface area contributed by atoms with Gasteiger partial charge in [0.2, 0.25) is 0 Å². The van der Waals surface area contributed by atoms with Crippen molar-refractivity contribution in [2.75, 3.05) is 23.7 Å². The Kier molecular flexibility index (Phi) is 5.10. The van der Waals surface area contributed by atoms with Gasteiger partial charge in [0, 0.05) is 46.7 Å². The van der Waals surface area contributed by atoms with Crippen LogP contribution in [0, 0.1) is 10.1 Å². The molecule has 0 aliphatic carbocycles. The lowest BCUT2D eigenvalue weighted by atomic mass is 10.1. The first-order valence-corrected chi connectivity index (χ1v) is 8.52. The molecule has 1 fully saturated rings. The van der Waals surface area contributed by atoms with Crippen molar-refractivity contribution in [2.45, 2.75) is 23.9 Å². The minimum Gasteiger partial charge on any atom is -0.370 e. The summed E-state index contributed by atoms with van der Waals surface area (Å²) < 4.78 is 0. The van der Waals surface area contributed by atoms with Crippen LogP contribution in [-0.2, 0) is 5.33 Å². The van der Waals surface area contributed by atoms with Crippen molar-refractivity contribution in [1.82, 2.24) is 0 Å². The standard InChI is InChI=1S/C13H17BrN2O2S/c1-2-12-9-15(5-6-19-12)11-3-4-13(16(17)18)10(7-11)8-14/h3-4,7,12H,2,5-6,8-9H2,1H3. The SMILES string of the molecule is CCC1CN(c2ccc([N+](=O)[O-])c(CBr)c2)CCS1. The monoisotopic (exact) mass is 344 g/mol. The first-order valence-electron chi connectivity index (χ1n) is 6.35. The number of nitro groups is 1. The van der Waals surface area contributed by atoms with Gasteiger partial charge in [0.1, 0.15) is 0 Å². The van der Waals surface area contributed by atoms with Crippen molar-refractivity contribution in [1.29, 1.82) is 0 Å². The fourth-order valence-electron chi connectivity index (χ4n) is 2.25. The van der Waals surface area contributed by atoms with Gasteiger partial charge in [0.15, 0.2) is 0 Å². The Labute approximate surface area is 125 Å². The van der Waals surface area contributed by atoms with Gasteiger partial charge in [-0.25, -0.2) is 0 Å². The summed E-state index contributed by atoms with van der Waals surface area (Å²) in [4.78, 5) is 13.0. The number of hydrogen-bond acceptors (Lipinski definition) is 4. The molecule has 4 nitrogen and oxygen atoms in total. The molecule has 1 saturated heterocycles. The summed E-state index contributed by atoms with van der Waals surface area (Å²) in [5.41, 5.74) is 2.03. The molecule has 1 aliphatic heterocycles. The summed E-state index contributed by atoms with van der Waals surface area (Å²) in [6.45, 7) is 4.25. The van der Waals surface area contributed by atoms with E-state index in [1.807, 2.05) is 23.9 Å². The molecular formula is C13H17BrN2O2S. The number of nitrogens with zero attached hydrogens (tertiary/aromatic N) is 2. The molecule has 1 aromatic rings. The van der Waals surface area contributed by atoms with Crippen molar-refractivity contribution in [3.8, 4) is 0 Å². The molecule has 1 aromatic carbocycles. The molecule has 0 aromatic heterocycles. The highest BCUT2D eigenvalue weighted by Crippen LogP contribution is 2.30. The highest BCUT2D eigenvalue weighted by atomic mass is 79.9. The van der Waals surface area contributed by atoms with Crippen molar-refractivity contribution in [3.05, 3.63) is 33.9 Å². The molecular weight excluding hydrogens is 328 g/mol. The minimum atomic E-state index is -0.318. The van der Waals surface area contributed by atoms with Gasteiger partial charge < -0.3 is 4.90 Å². The maximum absolute atomic E-state index is 10.9. The zero-order valence-corrected chi connectivity index (χ0v) is 13.2. The molecule has 1 heterocycles. The summed E-state index contributed by atoms with van der Waals surface area (Å²) in [5.74, 6) is 1.12. The third-order valence-electron chi connectivity index (χ3n) is 3.36. The highest BCUT2D eigenvalue weighted by Gasteiger charge is 2.21. The third kappa shape index (κ3) is 3.42. The van der Waals surface area contributed by atoms with Crippen LogP contribution in [0.15, 0.2) is 18.2 Å². The molecule has 6 heteroatoms. The molecule has 0 bridgehead atoms. The van der Waals surface area contributed by atoms with E-state index < -0.39 is 0 Å². The second-order valence-electron chi connectivity index (χ2n) is 4.55. The Morgan fingerprint density at radius 3 is 3.00 bits per heavy atom. The van der Waals surface area contributed by atoms with Crippen LogP contribution in [0.4, 0.5) is 11.4 Å². The lowest BCUT2D eigenvalue weighted by molar-refractivity contribution is -0.385. The summed E-state index contributed by atoms with van der Waals surface area (Å²) >= 11 is 5.35. The second kappa shape index (κ2) is 6.61. The van der Waals surface area contributed by atoms with Gasteiger partial charge in [-0.2, -0.15) is 11.8 Å². The first-order chi connectivity index (χ1) is 9.15. The number of rotatable bonds is 4. The van der Waals surface area contributed by atoms with Crippen LogP contribution < -0.4 is 4.90 Å². The van der Waals surface area contributed by atoms with Gasteiger partial charge >= 0.3 is 0 Å². The number of anilines is 1. The molecule has 2 rings (SSSR count). The molecule has 0 saturated carbocycles. The zero-order chi connectivity index (χ0) is 13.8. The van der Waals surface area contributed by atoms with E-state index in [1.165, 1.54) is 6.42 Å². The molecule has 1 atom stereocenters.